The Bertz CT molecular complexity index is 1240. The predicted octanol–water partition coefficient (Wildman–Crippen LogP) is 3.80. The monoisotopic (exact) mass is 472 g/mol. The second-order valence-electron chi connectivity index (χ2n) is 10.4. The molecule has 4 fully saturated rings. The molecule has 4 aliphatic rings. The largest absolute Gasteiger partial charge is 0.426 e. The number of rotatable bonds is 4. The number of carbonyl (C=O) groups is 4. The highest BCUT2D eigenvalue weighted by Gasteiger charge is 2.61. The summed E-state index contributed by atoms with van der Waals surface area (Å²) in [5.74, 6) is -0.939. The number of fused-ring (bicyclic) bond motifs is 5. The van der Waals surface area contributed by atoms with Crippen LogP contribution in [-0.2, 0) is 19.2 Å². The summed E-state index contributed by atoms with van der Waals surface area (Å²) >= 11 is 0. The normalized spacial score (nSPS) is 29.3. The molecule has 7 heteroatoms. The zero-order valence-corrected chi connectivity index (χ0v) is 19.9. The maximum absolute atomic E-state index is 13.1. The molecular weight excluding hydrogens is 444 g/mol. The van der Waals surface area contributed by atoms with Crippen LogP contribution in [0.3, 0.4) is 0 Å². The van der Waals surface area contributed by atoms with Crippen molar-refractivity contribution in [3.05, 3.63) is 53.6 Å². The smallest absolute Gasteiger partial charge is 0.316 e. The lowest BCUT2D eigenvalue weighted by atomic mass is 9.81. The van der Waals surface area contributed by atoms with Crippen molar-refractivity contribution in [2.24, 2.45) is 29.6 Å². The Hall–Kier alpha value is -3.48. The Morgan fingerprint density at radius 3 is 2.34 bits per heavy atom. The molecule has 0 aromatic heterocycles. The van der Waals surface area contributed by atoms with Gasteiger partial charge in [0.25, 0.3) is 0 Å². The summed E-state index contributed by atoms with van der Waals surface area (Å²) in [4.78, 5) is 54.9. The van der Waals surface area contributed by atoms with E-state index in [0.29, 0.717) is 17.5 Å². The van der Waals surface area contributed by atoms with Gasteiger partial charge in [0.2, 0.25) is 17.7 Å². The van der Waals surface area contributed by atoms with E-state index in [1.165, 1.54) is 4.90 Å². The molecule has 2 aliphatic heterocycles. The van der Waals surface area contributed by atoms with E-state index >= 15 is 0 Å². The summed E-state index contributed by atoms with van der Waals surface area (Å²) in [6.07, 6.45) is 3.11. The number of nitrogens with zero attached hydrogens (tertiary/aromatic N) is 2. The fraction of sp³-hybridized carbons (Fsp3) is 0.429. The molecule has 2 aliphatic carbocycles. The second-order valence-corrected chi connectivity index (χ2v) is 10.4. The zero-order valence-electron chi connectivity index (χ0n) is 19.9. The van der Waals surface area contributed by atoms with Gasteiger partial charge in [0.15, 0.2) is 0 Å². The quantitative estimate of drug-likeness (QED) is 0.384. The molecule has 0 N–H and O–H groups in total. The Balaban J connectivity index is 1.17. The molecule has 0 radical (unpaired) electrons. The van der Waals surface area contributed by atoms with E-state index in [0.717, 1.165) is 36.1 Å². The SMILES string of the molecule is Cc1cccc(N2C[C@H](C(=O)Oc3cccc(N4C(=O)[C@@H]5[C@H]6CC[C@@H](C6)[C@H]5C4=O)c3)CC2=O)c1C. The summed E-state index contributed by atoms with van der Waals surface area (Å²) in [5, 5.41) is 0. The number of aryl methyl sites for hydroxylation is 1. The molecule has 180 valence electrons. The van der Waals surface area contributed by atoms with E-state index in [2.05, 4.69) is 0 Å². The van der Waals surface area contributed by atoms with Crippen molar-refractivity contribution in [3.8, 4) is 5.75 Å². The van der Waals surface area contributed by atoms with Gasteiger partial charge in [-0.15, -0.1) is 0 Å². The van der Waals surface area contributed by atoms with Gasteiger partial charge in [-0.05, 0) is 74.3 Å². The number of hydrogen-bond donors (Lipinski definition) is 0. The highest BCUT2D eigenvalue weighted by atomic mass is 16.5. The lowest BCUT2D eigenvalue weighted by Crippen LogP contribution is -2.32. The van der Waals surface area contributed by atoms with Crippen LogP contribution in [0.4, 0.5) is 11.4 Å². The molecule has 0 spiro atoms. The summed E-state index contributed by atoms with van der Waals surface area (Å²) in [5.41, 5.74) is 3.36. The molecule has 35 heavy (non-hydrogen) atoms. The Kier molecular flexibility index (Phi) is 5.06. The van der Waals surface area contributed by atoms with Crippen molar-refractivity contribution in [2.45, 2.75) is 39.5 Å². The first kappa shape index (κ1) is 22.0. The first-order valence-electron chi connectivity index (χ1n) is 12.4. The van der Waals surface area contributed by atoms with Gasteiger partial charge in [0.1, 0.15) is 5.75 Å². The number of ether oxygens (including phenoxy) is 1. The van der Waals surface area contributed by atoms with Crippen molar-refractivity contribution in [2.75, 3.05) is 16.3 Å². The van der Waals surface area contributed by atoms with Crippen LogP contribution in [0.2, 0.25) is 0 Å². The fourth-order valence-corrected chi connectivity index (χ4v) is 6.68. The van der Waals surface area contributed by atoms with E-state index in [1.54, 1.807) is 29.2 Å². The van der Waals surface area contributed by atoms with Crippen LogP contribution in [0.1, 0.15) is 36.8 Å². The summed E-state index contributed by atoms with van der Waals surface area (Å²) < 4.78 is 5.64. The summed E-state index contributed by atoms with van der Waals surface area (Å²) in [7, 11) is 0. The summed E-state index contributed by atoms with van der Waals surface area (Å²) in [6, 6.07) is 12.4. The molecular formula is C28H28N2O5. The number of anilines is 2. The molecule has 2 bridgehead atoms. The lowest BCUT2D eigenvalue weighted by molar-refractivity contribution is -0.139. The zero-order chi connectivity index (χ0) is 24.4. The second kappa shape index (κ2) is 8.04. The van der Waals surface area contributed by atoms with Gasteiger partial charge in [-0.25, -0.2) is 4.90 Å². The van der Waals surface area contributed by atoms with Gasteiger partial charge in [-0.1, -0.05) is 18.2 Å². The van der Waals surface area contributed by atoms with Crippen LogP contribution in [0, 0.1) is 43.4 Å². The van der Waals surface area contributed by atoms with E-state index in [9.17, 15) is 19.2 Å². The van der Waals surface area contributed by atoms with Crippen molar-refractivity contribution in [3.63, 3.8) is 0 Å². The highest BCUT2D eigenvalue weighted by Crippen LogP contribution is 2.56. The van der Waals surface area contributed by atoms with Crippen LogP contribution in [0.5, 0.6) is 5.75 Å². The molecule has 2 aromatic carbocycles. The third-order valence-electron chi connectivity index (χ3n) is 8.55. The Morgan fingerprint density at radius 2 is 1.63 bits per heavy atom. The fourth-order valence-electron chi connectivity index (χ4n) is 6.68. The molecule has 2 saturated carbocycles. The van der Waals surface area contributed by atoms with Gasteiger partial charge < -0.3 is 9.64 Å². The van der Waals surface area contributed by atoms with Gasteiger partial charge in [-0.3, -0.25) is 19.2 Å². The minimum Gasteiger partial charge on any atom is -0.426 e. The van der Waals surface area contributed by atoms with Crippen LogP contribution in [0.25, 0.3) is 0 Å². The summed E-state index contributed by atoms with van der Waals surface area (Å²) in [6.45, 7) is 4.22. The highest BCUT2D eigenvalue weighted by molar-refractivity contribution is 6.22. The van der Waals surface area contributed by atoms with Crippen LogP contribution in [0.15, 0.2) is 42.5 Å². The molecule has 5 atom stereocenters. The third-order valence-corrected chi connectivity index (χ3v) is 8.55. The van der Waals surface area contributed by atoms with Crippen LogP contribution in [-0.4, -0.2) is 30.2 Å². The third kappa shape index (κ3) is 3.39. The Labute approximate surface area is 204 Å². The standard InChI is InChI=1S/C28H28N2O5/c1-15-5-3-8-22(16(15)2)29-14-19(12-23(29)31)28(34)35-21-7-4-6-20(13-21)30-26(32)24-17-9-10-18(11-17)25(24)27(30)33/h3-8,13,17-19,24-25H,9-12,14H2,1-2H3/t17-,18-,19+,24+,25+/m0/s1. The molecule has 0 unspecified atom stereocenters. The van der Waals surface area contributed by atoms with E-state index < -0.39 is 11.9 Å². The average molecular weight is 473 g/mol. The maximum Gasteiger partial charge on any atom is 0.316 e. The van der Waals surface area contributed by atoms with Crippen LogP contribution < -0.4 is 14.5 Å². The van der Waals surface area contributed by atoms with Crippen LogP contribution >= 0.6 is 0 Å². The van der Waals surface area contributed by atoms with Crippen molar-refractivity contribution < 1.29 is 23.9 Å². The molecule has 2 aromatic rings. The van der Waals surface area contributed by atoms with Gasteiger partial charge in [-0.2, -0.15) is 0 Å². The molecule has 6 rings (SSSR count). The molecule has 7 nitrogen and oxygen atoms in total. The first-order valence-corrected chi connectivity index (χ1v) is 12.4. The topological polar surface area (TPSA) is 84.0 Å². The number of benzene rings is 2. The van der Waals surface area contributed by atoms with Gasteiger partial charge in [0, 0.05) is 24.7 Å². The van der Waals surface area contributed by atoms with Crippen molar-refractivity contribution >= 4 is 35.1 Å². The number of imide groups is 1. The number of hydrogen-bond acceptors (Lipinski definition) is 5. The van der Waals surface area contributed by atoms with E-state index in [1.807, 2.05) is 32.0 Å². The van der Waals surface area contributed by atoms with Crippen molar-refractivity contribution in [1.29, 1.82) is 0 Å². The number of carbonyl (C=O) groups excluding carboxylic acids is 4. The van der Waals surface area contributed by atoms with Gasteiger partial charge >= 0.3 is 5.97 Å². The minimum absolute atomic E-state index is 0.0845. The first-order chi connectivity index (χ1) is 16.8. The maximum atomic E-state index is 13.1. The average Bonchev–Trinajstić information content (AvgIpc) is 3.59. The van der Waals surface area contributed by atoms with Crippen molar-refractivity contribution in [1.82, 2.24) is 0 Å². The predicted molar refractivity (Wildman–Crippen MR) is 129 cm³/mol. The Morgan fingerprint density at radius 1 is 0.943 bits per heavy atom. The molecule has 2 saturated heterocycles. The minimum atomic E-state index is -0.587. The molecule has 3 amide bonds. The molecule has 2 heterocycles. The van der Waals surface area contributed by atoms with E-state index in [4.69, 9.17) is 4.74 Å². The van der Waals surface area contributed by atoms with E-state index in [-0.39, 0.29) is 48.3 Å². The van der Waals surface area contributed by atoms with Gasteiger partial charge in [0.05, 0.1) is 23.4 Å². The lowest BCUT2D eigenvalue weighted by Gasteiger charge is -2.20. The number of amides is 3. The number of esters is 1.